The van der Waals surface area contributed by atoms with Gasteiger partial charge in [-0.05, 0) is 49.5 Å². The van der Waals surface area contributed by atoms with Crippen LogP contribution in [0.15, 0.2) is 34.7 Å². The number of para-hydroxylation sites is 1. The van der Waals surface area contributed by atoms with Gasteiger partial charge in [0.05, 0.1) is 10.9 Å². The molecule has 3 rings (SSSR count). The highest BCUT2D eigenvalue weighted by Gasteiger charge is 2.29. The normalized spacial score (nSPS) is 22.0. The number of hydrogen-bond acceptors (Lipinski definition) is 5. The van der Waals surface area contributed by atoms with Crippen LogP contribution in [0.3, 0.4) is 0 Å². The Balaban J connectivity index is 1.70. The van der Waals surface area contributed by atoms with Crippen molar-refractivity contribution in [3.63, 3.8) is 0 Å². The number of piperidine rings is 1. The number of rotatable bonds is 4. The summed E-state index contributed by atoms with van der Waals surface area (Å²) in [6.07, 6.45) is 1.20. The minimum Gasteiger partial charge on any atom is -0.341 e. The summed E-state index contributed by atoms with van der Waals surface area (Å²) in [5.74, 6) is 1.35. The van der Waals surface area contributed by atoms with Crippen molar-refractivity contribution in [2.75, 3.05) is 13.1 Å². The minimum absolute atomic E-state index is 0.151. The van der Waals surface area contributed by atoms with Crippen LogP contribution < -0.4 is 0 Å². The van der Waals surface area contributed by atoms with Crippen LogP contribution >= 0.6 is 35.3 Å². The molecule has 2 heterocycles. The van der Waals surface area contributed by atoms with Gasteiger partial charge in [-0.3, -0.25) is 4.79 Å². The molecule has 0 N–H and O–H groups in total. The van der Waals surface area contributed by atoms with E-state index in [4.69, 9.17) is 12.2 Å². The number of amides is 1. The molecule has 0 spiro atoms. The molecule has 0 saturated carbocycles. The number of thioether (sulfide) groups is 1. The van der Waals surface area contributed by atoms with E-state index in [-0.39, 0.29) is 11.2 Å². The van der Waals surface area contributed by atoms with E-state index in [2.05, 4.69) is 18.9 Å². The van der Waals surface area contributed by atoms with Crippen molar-refractivity contribution < 1.29 is 4.79 Å². The predicted molar refractivity (Wildman–Crippen MR) is 107 cm³/mol. The van der Waals surface area contributed by atoms with E-state index in [9.17, 15) is 4.79 Å². The molecule has 1 aliphatic heterocycles. The van der Waals surface area contributed by atoms with Gasteiger partial charge in [0, 0.05) is 13.1 Å². The molecule has 7 heteroatoms. The monoisotopic (exact) mass is 393 g/mol. The van der Waals surface area contributed by atoms with Crippen molar-refractivity contribution in [1.82, 2.24) is 14.7 Å². The lowest BCUT2D eigenvalue weighted by Gasteiger charge is -2.36. The highest BCUT2D eigenvalue weighted by Crippen LogP contribution is 2.30. The fraction of sp³-hybridized carbons (Fsp3) is 0.500. The molecule has 0 radical (unpaired) electrons. The van der Waals surface area contributed by atoms with E-state index in [0.717, 1.165) is 23.1 Å². The third kappa shape index (κ3) is 4.51. The molecule has 1 saturated heterocycles. The van der Waals surface area contributed by atoms with Crippen LogP contribution in [0.5, 0.6) is 0 Å². The standard InChI is InChI=1S/C18H23N3OS3/c1-12-9-13(2)11-20(10-12)16(22)14(3)24-17-19-21(18(23)25-17)15-7-5-4-6-8-15/h4-8,12-14H,9-11H2,1-3H3/t12-,13-,14+/m1/s1. The second-order valence-corrected chi connectivity index (χ2v) is 10.0. The van der Waals surface area contributed by atoms with Gasteiger partial charge < -0.3 is 4.90 Å². The summed E-state index contributed by atoms with van der Waals surface area (Å²) in [6.45, 7) is 8.14. The molecule has 1 fully saturated rings. The summed E-state index contributed by atoms with van der Waals surface area (Å²) in [7, 11) is 0. The third-order valence-electron chi connectivity index (χ3n) is 4.34. The van der Waals surface area contributed by atoms with E-state index in [1.165, 1.54) is 29.5 Å². The second kappa shape index (κ2) is 8.01. The topological polar surface area (TPSA) is 38.1 Å². The highest BCUT2D eigenvalue weighted by atomic mass is 32.2. The number of aromatic nitrogens is 2. The molecule has 1 aromatic heterocycles. The first-order chi connectivity index (χ1) is 11.9. The number of carbonyl (C=O) groups excluding carboxylic acids is 1. The first-order valence-electron chi connectivity index (χ1n) is 8.55. The molecule has 1 aliphatic rings. The first-order valence-corrected chi connectivity index (χ1v) is 10.7. The van der Waals surface area contributed by atoms with Gasteiger partial charge in [-0.25, -0.2) is 4.68 Å². The van der Waals surface area contributed by atoms with Crippen molar-refractivity contribution in [2.45, 2.75) is 36.8 Å². The number of carbonyl (C=O) groups is 1. The van der Waals surface area contributed by atoms with Gasteiger partial charge in [-0.1, -0.05) is 55.1 Å². The summed E-state index contributed by atoms with van der Waals surface area (Å²) in [6, 6.07) is 9.86. The second-order valence-electron chi connectivity index (χ2n) is 6.83. The average Bonchev–Trinajstić information content (AvgIpc) is 2.94. The van der Waals surface area contributed by atoms with Crippen molar-refractivity contribution in [3.05, 3.63) is 34.3 Å². The van der Waals surface area contributed by atoms with E-state index in [1.807, 2.05) is 42.2 Å². The number of nitrogens with zero attached hydrogens (tertiary/aromatic N) is 3. The molecule has 3 atom stereocenters. The maximum absolute atomic E-state index is 12.8. The Morgan fingerprint density at radius 3 is 2.56 bits per heavy atom. The van der Waals surface area contributed by atoms with Crippen molar-refractivity contribution in [1.29, 1.82) is 0 Å². The molecular weight excluding hydrogens is 370 g/mol. The Kier molecular flexibility index (Phi) is 5.96. The summed E-state index contributed by atoms with van der Waals surface area (Å²) < 4.78 is 3.31. The lowest BCUT2D eigenvalue weighted by atomic mass is 9.92. The van der Waals surface area contributed by atoms with Crippen LogP contribution in [0.25, 0.3) is 5.69 Å². The predicted octanol–water partition coefficient (Wildman–Crippen LogP) is 4.65. The lowest BCUT2D eigenvalue weighted by Crippen LogP contribution is -2.45. The molecule has 4 nitrogen and oxygen atoms in total. The summed E-state index contributed by atoms with van der Waals surface area (Å²) in [4.78, 5) is 14.8. The minimum atomic E-state index is -0.151. The molecule has 1 aromatic carbocycles. The van der Waals surface area contributed by atoms with Gasteiger partial charge in [-0.15, -0.1) is 5.10 Å². The zero-order chi connectivity index (χ0) is 18.0. The molecule has 0 bridgehead atoms. The Hall–Kier alpha value is -1.18. The van der Waals surface area contributed by atoms with Gasteiger partial charge >= 0.3 is 0 Å². The Labute approximate surface area is 162 Å². The summed E-state index contributed by atoms with van der Waals surface area (Å²) in [5.41, 5.74) is 0.952. The van der Waals surface area contributed by atoms with Crippen molar-refractivity contribution >= 4 is 41.2 Å². The Morgan fingerprint density at radius 2 is 1.92 bits per heavy atom. The van der Waals surface area contributed by atoms with E-state index in [1.54, 1.807) is 4.68 Å². The first kappa shape index (κ1) is 18.6. The molecule has 1 amide bonds. The van der Waals surface area contributed by atoms with Gasteiger partial charge in [-0.2, -0.15) is 0 Å². The van der Waals surface area contributed by atoms with Gasteiger partial charge in [0.25, 0.3) is 0 Å². The fourth-order valence-corrected chi connectivity index (χ4v) is 5.93. The Morgan fingerprint density at radius 1 is 1.28 bits per heavy atom. The molecular formula is C18H23N3OS3. The smallest absolute Gasteiger partial charge is 0.235 e. The van der Waals surface area contributed by atoms with Crippen LogP contribution in [-0.4, -0.2) is 38.9 Å². The molecule has 0 aliphatic carbocycles. The zero-order valence-electron chi connectivity index (χ0n) is 14.7. The molecule has 2 aromatic rings. The Bertz CT molecular complexity index is 776. The van der Waals surface area contributed by atoms with Crippen molar-refractivity contribution in [3.8, 4) is 5.69 Å². The third-order valence-corrected chi connectivity index (χ3v) is 6.74. The molecule has 0 unspecified atom stereocenters. The van der Waals surface area contributed by atoms with E-state index in [0.29, 0.717) is 15.8 Å². The maximum atomic E-state index is 12.8. The molecule has 134 valence electrons. The largest absolute Gasteiger partial charge is 0.341 e. The summed E-state index contributed by atoms with van der Waals surface area (Å²) >= 11 is 8.41. The highest BCUT2D eigenvalue weighted by molar-refractivity contribution is 8.02. The summed E-state index contributed by atoms with van der Waals surface area (Å²) in [5, 5.41) is 4.45. The number of likely N-dealkylation sites (tertiary alicyclic amines) is 1. The quantitative estimate of drug-likeness (QED) is 0.560. The SMILES string of the molecule is C[C@@H]1C[C@@H](C)CN(C(=O)[C@H](C)Sc2nn(-c3ccccc3)c(=S)s2)C1. The van der Waals surface area contributed by atoms with E-state index >= 15 is 0 Å². The van der Waals surface area contributed by atoms with Crippen LogP contribution in [0.1, 0.15) is 27.2 Å². The lowest BCUT2D eigenvalue weighted by molar-refractivity contribution is -0.132. The number of benzene rings is 1. The fourth-order valence-electron chi connectivity index (χ4n) is 3.34. The van der Waals surface area contributed by atoms with Crippen LogP contribution in [-0.2, 0) is 4.79 Å². The van der Waals surface area contributed by atoms with Gasteiger partial charge in [0.1, 0.15) is 0 Å². The van der Waals surface area contributed by atoms with Gasteiger partial charge in [0.15, 0.2) is 8.29 Å². The zero-order valence-corrected chi connectivity index (χ0v) is 17.2. The van der Waals surface area contributed by atoms with Crippen LogP contribution in [0.2, 0.25) is 0 Å². The molecule has 25 heavy (non-hydrogen) atoms. The van der Waals surface area contributed by atoms with Crippen LogP contribution in [0, 0.1) is 15.8 Å². The van der Waals surface area contributed by atoms with Gasteiger partial charge in [0.2, 0.25) is 5.91 Å². The van der Waals surface area contributed by atoms with E-state index < -0.39 is 0 Å². The average molecular weight is 394 g/mol. The van der Waals surface area contributed by atoms with Crippen LogP contribution in [0.4, 0.5) is 0 Å². The van der Waals surface area contributed by atoms with Crippen molar-refractivity contribution in [2.24, 2.45) is 11.8 Å². The maximum Gasteiger partial charge on any atom is 0.235 e. The number of hydrogen-bond donors (Lipinski definition) is 0.